The molecule has 0 radical (unpaired) electrons. The van der Waals surface area contributed by atoms with Gasteiger partial charge in [-0.25, -0.2) is 17.6 Å². The molecule has 1 aromatic carbocycles. The lowest BCUT2D eigenvalue weighted by atomic mass is 10.2. The van der Waals surface area contributed by atoms with Gasteiger partial charge in [0, 0.05) is 13.1 Å². The average Bonchev–Trinajstić information content (AvgIpc) is 3.21. The summed E-state index contributed by atoms with van der Waals surface area (Å²) in [5.41, 5.74) is -0.151. The van der Waals surface area contributed by atoms with E-state index in [0.717, 1.165) is 22.5 Å². The number of halogens is 1. The fourth-order valence-corrected chi connectivity index (χ4v) is 4.63. The first-order valence-corrected chi connectivity index (χ1v) is 10.3. The van der Waals surface area contributed by atoms with Gasteiger partial charge in [-0.1, -0.05) is 6.07 Å². The van der Waals surface area contributed by atoms with Gasteiger partial charge in [0.15, 0.2) is 6.61 Å². The average molecular weight is 413 g/mol. The van der Waals surface area contributed by atoms with Gasteiger partial charge in [0.25, 0.3) is 0 Å². The first-order chi connectivity index (χ1) is 12.9. The summed E-state index contributed by atoms with van der Waals surface area (Å²) in [6, 6.07) is 6.24. The molecule has 1 saturated heterocycles. The van der Waals surface area contributed by atoms with Gasteiger partial charge in [0.05, 0.1) is 23.7 Å². The topological polar surface area (TPSA) is 90.0 Å². The fourth-order valence-electron chi connectivity index (χ4n) is 2.48. The van der Waals surface area contributed by atoms with E-state index in [1.807, 2.05) is 0 Å². The maximum absolute atomic E-state index is 14.1. The Morgan fingerprint density at radius 1 is 1.22 bits per heavy atom. The lowest BCUT2D eigenvalue weighted by Crippen LogP contribution is -2.41. The van der Waals surface area contributed by atoms with Crippen LogP contribution in [0.5, 0.6) is 0 Å². The summed E-state index contributed by atoms with van der Waals surface area (Å²) in [5.74, 6) is -2.24. The van der Waals surface area contributed by atoms with Gasteiger partial charge >= 0.3 is 5.97 Å². The lowest BCUT2D eigenvalue weighted by molar-refractivity contribution is 0.0475. The van der Waals surface area contributed by atoms with Gasteiger partial charge in [-0.2, -0.15) is 4.31 Å². The molecule has 27 heavy (non-hydrogen) atoms. The van der Waals surface area contributed by atoms with Crippen molar-refractivity contribution < 1.29 is 31.9 Å². The van der Waals surface area contributed by atoms with Crippen molar-refractivity contribution in [2.24, 2.45) is 0 Å². The zero-order chi connectivity index (χ0) is 19.4. The first-order valence-electron chi connectivity index (χ1n) is 8.01. The first kappa shape index (κ1) is 19.6. The number of hydrogen-bond donors (Lipinski definition) is 0. The molecule has 2 heterocycles. The van der Waals surface area contributed by atoms with E-state index in [1.54, 1.807) is 17.5 Å². The molecule has 1 aliphatic heterocycles. The molecule has 3 rings (SSSR count). The Morgan fingerprint density at radius 2 is 1.96 bits per heavy atom. The molecule has 0 bridgehead atoms. The molecule has 0 saturated carbocycles. The maximum Gasteiger partial charge on any atom is 0.338 e. The predicted octanol–water partition coefficient (Wildman–Crippen LogP) is 1.95. The molecule has 0 amide bonds. The second kappa shape index (κ2) is 8.26. The highest BCUT2D eigenvalue weighted by Gasteiger charge is 2.30. The number of hydrogen-bond acceptors (Lipinski definition) is 7. The molecule has 2 aromatic rings. The molecule has 0 spiro atoms. The van der Waals surface area contributed by atoms with E-state index in [1.165, 1.54) is 11.3 Å². The number of rotatable bonds is 6. The molecule has 0 aliphatic carbocycles. The fraction of sp³-hybridized carbons (Fsp3) is 0.294. The molecule has 1 aromatic heterocycles. The van der Waals surface area contributed by atoms with E-state index in [2.05, 4.69) is 0 Å². The number of ether oxygens (including phenoxy) is 2. The van der Waals surface area contributed by atoms with Crippen LogP contribution in [0.3, 0.4) is 0 Å². The van der Waals surface area contributed by atoms with Crippen LogP contribution in [0.15, 0.2) is 40.6 Å². The molecule has 10 heteroatoms. The summed E-state index contributed by atoms with van der Waals surface area (Å²) in [6.07, 6.45) is 0. The van der Waals surface area contributed by atoms with Crippen LogP contribution in [0, 0.1) is 5.82 Å². The van der Waals surface area contributed by atoms with E-state index in [4.69, 9.17) is 9.47 Å². The van der Waals surface area contributed by atoms with Crippen LogP contribution in [0.1, 0.15) is 20.0 Å². The highest BCUT2D eigenvalue weighted by Crippen LogP contribution is 2.22. The number of ketones is 1. The normalized spacial score (nSPS) is 15.4. The quantitative estimate of drug-likeness (QED) is 0.531. The molecular weight excluding hydrogens is 397 g/mol. The van der Waals surface area contributed by atoms with Gasteiger partial charge < -0.3 is 9.47 Å². The zero-order valence-electron chi connectivity index (χ0n) is 14.1. The third-order valence-electron chi connectivity index (χ3n) is 3.89. The smallest absolute Gasteiger partial charge is 0.338 e. The van der Waals surface area contributed by atoms with E-state index >= 15 is 0 Å². The minimum atomic E-state index is -4.11. The Balaban J connectivity index is 1.76. The van der Waals surface area contributed by atoms with Crippen molar-refractivity contribution in [1.82, 2.24) is 4.31 Å². The number of sulfonamides is 1. The van der Waals surface area contributed by atoms with E-state index in [-0.39, 0.29) is 37.6 Å². The summed E-state index contributed by atoms with van der Waals surface area (Å²) in [7, 11) is -4.11. The van der Waals surface area contributed by atoms with Crippen molar-refractivity contribution in [2.45, 2.75) is 4.90 Å². The molecular formula is C17H16FNO6S2. The number of morpholine rings is 1. The van der Waals surface area contributed by atoms with E-state index in [9.17, 15) is 22.4 Å². The third-order valence-corrected chi connectivity index (χ3v) is 6.71. The van der Waals surface area contributed by atoms with Crippen molar-refractivity contribution in [3.05, 3.63) is 52.0 Å². The highest BCUT2D eigenvalue weighted by molar-refractivity contribution is 7.89. The second-order valence-corrected chi connectivity index (χ2v) is 8.49. The molecule has 1 aliphatic rings. The largest absolute Gasteiger partial charge is 0.454 e. The summed E-state index contributed by atoms with van der Waals surface area (Å²) in [5, 5.41) is 1.72. The van der Waals surface area contributed by atoms with Gasteiger partial charge in [-0.05, 0) is 29.6 Å². The Morgan fingerprint density at radius 3 is 2.63 bits per heavy atom. The number of benzene rings is 1. The van der Waals surface area contributed by atoms with Crippen molar-refractivity contribution in [3.63, 3.8) is 0 Å². The minimum Gasteiger partial charge on any atom is -0.454 e. The second-order valence-electron chi connectivity index (χ2n) is 5.64. The summed E-state index contributed by atoms with van der Waals surface area (Å²) < 4.78 is 50.5. The number of carbonyl (C=O) groups is 2. The molecule has 7 nitrogen and oxygen atoms in total. The zero-order valence-corrected chi connectivity index (χ0v) is 15.7. The van der Waals surface area contributed by atoms with Crippen LogP contribution in [-0.2, 0) is 19.5 Å². The van der Waals surface area contributed by atoms with Gasteiger partial charge in [-0.3, -0.25) is 4.79 Å². The van der Waals surface area contributed by atoms with E-state index in [0.29, 0.717) is 4.88 Å². The third kappa shape index (κ3) is 4.41. The van der Waals surface area contributed by atoms with Crippen molar-refractivity contribution in [3.8, 4) is 0 Å². The Kier molecular flexibility index (Phi) is 6.00. The molecule has 1 fully saturated rings. The van der Waals surface area contributed by atoms with Gasteiger partial charge in [-0.15, -0.1) is 11.3 Å². The van der Waals surface area contributed by atoms with Crippen LogP contribution in [-0.4, -0.2) is 57.4 Å². The molecule has 0 atom stereocenters. The Hall–Kier alpha value is -2.14. The SMILES string of the molecule is O=C(OCC(=O)c1cccs1)c1ccc(F)c(S(=O)(=O)N2CCOCC2)c1. The van der Waals surface area contributed by atoms with Crippen LogP contribution >= 0.6 is 11.3 Å². The standard InChI is InChI=1S/C17H16FNO6S2/c18-13-4-3-12(17(21)25-11-14(20)15-2-1-9-26-15)10-16(13)27(22,23)19-5-7-24-8-6-19/h1-4,9-10H,5-8,11H2. The number of carbonyl (C=O) groups excluding carboxylic acids is 2. The van der Waals surface area contributed by atoms with Gasteiger partial charge in [0.1, 0.15) is 10.7 Å². The lowest BCUT2D eigenvalue weighted by Gasteiger charge is -2.26. The van der Waals surface area contributed by atoms with Gasteiger partial charge in [0.2, 0.25) is 15.8 Å². The molecule has 144 valence electrons. The summed E-state index contributed by atoms with van der Waals surface area (Å²) >= 11 is 1.22. The minimum absolute atomic E-state index is 0.103. The number of thiophene rings is 1. The van der Waals surface area contributed by atoms with Crippen LogP contribution < -0.4 is 0 Å². The number of Topliss-reactive ketones (excluding diaryl/α,β-unsaturated/α-hetero) is 1. The molecule has 0 N–H and O–H groups in total. The maximum atomic E-state index is 14.1. The Bertz CT molecular complexity index is 936. The number of nitrogens with zero attached hydrogens (tertiary/aromatic N) is 1. The monoisotopic (exact) mass is 413 g/mol. The predicted molar refractivity (Wildman–Crippen MR) is 94.9 cm³/mol. The van der Waals surface area contributed by atoms with Crippen LogP contribution in [0.4, 0.5) is 4.39 Å². The summed E-state index contributed by atoms with van der Waals surface area (Å²) in [6.45, 7) is 0.153. The van der Waals surface area contributed by atoms with Crippen LogP contribution in [0.25, 0.3) is 0 Å². The van der Waals surface area contributed by atoms with Crippen LogP contribution in [0.2, 0.25) is 0 Å². The number of esters is 1. The molecule has 0 unspecified atom stereocenters. The van der Waals surface area contributed by atoms with Crippen molar-refractivity contribution >= 4 is 33.1 Å². The Labute approximate surface area is 159 Å². The van der Waals surface area contributed by atoms with Crippen molar-refractivity contribution in [1.29, 1.82) is 0 Å². The van der Waals surface area contributed by atoms with E-state index < -0.39 is 33.3 Å². The summed E-state index contributed by atoms with van der Waals surface area (Å²) in [4.78, 5) is 23.9. The van der Waals surface area contributed by atoms with Crippen molar-refractivity contribution in [2.75, 3.05) is 32.9 Å². The highest BCUT2D eigenvalue weighted by atomic mass is 32.2.